The first-order valence-electron chi connectivity index (χ1n) is 5.27. The molecule has 4 nitrogen and oxygen atoms in total. The summed E-state index contributed by atoms with van der Waals surface area (Å²) in [7, 11) is 0. The number of nitrogens with zero attached hydrogens (tertiary/aromatic N) is 2. The summed E-state index contributed by atoms with van der Waals surface area (Å²) in [6.45, 7) is 0.669. The van der Waals surface area contributed by atoms with Gasteiger partial charge in [0, 0.05) is 12.7 Å². The maximum Gasteiger partial charge on any atom is 0.140 e. The Labute approximate surface area is 99.9 Å². The van der Waals surface area contributed by atoms with E-state index in [1.807, 2.05) is 30.3 Å². The Balaban J connectivity index is 1.84. The molecule has 2 N–H and O–H groups in total. The molecule has 0 fully saturated rings. The van der Waals surface area contributed by atoms with E-state index in [1.165, 1.54) is 0 Å². The van der Waals surface area contributed by atoms with Crippen molar-refractivity contribution in [3.05, 3.63) is 59.8 Å². The number of benzene rings is 1. The van der Waals surface area contributed by atoms with E-state index in [1.54, 1.807) is 18.3 Å². The van der Waals surface area contributed by atoms with Crippen LogP contribution in [0.15, 0.2) is 48.7 Å². The molecule has 2 aromatic rings. The summed E-state index contributed by atoms with van der Waals surface area (Å²) in [6, 6.07) is 15.2. The topological polar surface area (TPSA) is 60.7 Å². The van der Waals surface area contributed by atoms with Gasteiger partial charge in [-0.05, 0) is 29.8 Å². The van der Waals surface area contributed by atoms with Crippen molar-refractivity contribution in [1.82, 2.24) is 10.4 Å². The largest absolute Gasteiger partial charge is 0.305 e. The molecule has 0 saturated carbocycles. The van der Waals surface area contributed by atoms with E-state index in [0.717, 1.165) is 11.4 Å². The number of hydrogen-bond donors (Lipinski definition) is 2. The lowest BCUT2D eigenvalue weighted by Gasteiger charge is -2.07. The van der Waals surface area contributed by atoms with Crippen molar-refractivity contribution >= 4 is 5.82 Å². The van der Waals surface area contributed by atoms with E-state index in [2.05, 4.69) is 21.9 Å². The van der Waals surface area contributed by atoms with Crippen LogP contribution in [0, 0.1) is 11.3 Å². The summed E-state index contributed by atoms with van der Waals surface area (Å²) in [4.78, 5) is 4.12. The molecule has 2 rings (SSSR count). The van der Waals surface area contributed by atoms with Crippen molar-refractivity contribution in [2.24, 2.45) is 0 Å². The average molecular weight is 224 g/mol. The molecule has 1 heterocycles. The van der Waals surface area contributed by atoms with Gasteiger partial charge in [0.05, 0.1) is 11.6 Å². The quantitative estimate of drug-likeness (QED) is 0.780. The first-order chi connectivity index (χ1) is 8.38. The minimum absolute atomic E-state index is 0.669. The maximum atomic E-state index is 8.67. The van der Waals surface area contributed by atoms with E-state index in [4.69, 9.17) is 5.26 Å². The third-order valence-electron chi connectivity index (χ3n) is 2.26. The lowest BCUT2D eigenvalue weighted by Crippen LogP contribution is -2.21. The van der Waals surface area contributed by atoms with Gasteiger partial charge >= 0.3 is 0 Å². The number of hydrogen-bond acceptors (Lipinski definition) is 4. The van der Waals surface area contributed by atoms with Crippen molar-refractivity contribution in [3.63, 3.8) is 0 Å². The van der Waals surface area contributed by atoms with Crippen molar-refractivity contribution in [2.45, 2.75) is 6.54 Å². The molecule has 0 aliphatic heterocycles. The fraction of sp³-hybridized carbons (Fsp3) is 0.0769. The standard InChI is InChI=1S/C13H12N4/c14-9-11-4-6-12(7-5-11)10-16-17-13-3-1-2-8-15-13/h1-8,16H,10H2,(H,15,17). The predicted octanol–water partition coefficient (Wildman–Crippen LogP) is 2.07. The van der Waals surface area contributed by atoms with Crippen LogP contribution < -0.4 is 10.9 Å². The zero-order valence-electron chi connectivity index (χ0n) is 9.22. The van der Waals surface area contributed by atoms with Crippen LogP contribution in [-0.4, -0.2) is 4.98 Å². The molecule has 1 aromatic heterocycles. The summed E-state index contributed by atoms with van der Waals surface area (Å²) >= 11 is 0. The van der Waals surface area contributed by atoms with Gasteiger partial charge in [0.1, 0.15) is 5.82 Å². The number of aromatic nitrogens is 1. The highest BCUT2D eigenvalue weighted by atomic mass is 15.4. The summed E-state index contributed by atoms with van der Waals surface area (Å²) in [5, 5.41) is 8.67. The summed E-state index contributed by atoms with van der Waals surface area (Å²) < 4.78 is 0. The molecule has 0 spiro atoms. The minimum atomic E-state index is 0.669. The van der Waals surface area contributed by atoms with Crippen LogP contribution in [0.2, 0.25) is 0 Å². The van der Waals surface area contributed by atoms with Gasteiger partial charge in [0.25, 0.3) is 0 Å². The molecule has 0 unspecified atom stereocenters. The van der Waals surface area contributed by atoms with Crippen LogP contribution in [0.1, 0.15) is 11.1 Å². The summed E-state index contributed by atoms with van der Waals surface area (Å²) in [6.07, 6.45) is 1.73. The molecule has 4 heteroatoms. The van der Waals surface area contributed by atoms with Gasteiger partial charge in [-0.1, -0.05) is 18.2 Å². The smallest absolute Gasteiger partial charge is 0.140 e. The molecular formula is C13H12N4. The van der Waals surface area contributed by atoms with Gasteiger partial charge in [-0.15, -0.1) is 0 Å². The normalized spacial score (nSPS) is 9.59. The van der Waals surface area contributed by atoms with Crippen LogP contribution in [0.3, 0.4) is 0 Å². The van der Waals surface area contributed by atoms with Gasteiger partial charge < -0.3 is 5.43 Å². The minimum Gasteiger partial charge on any atom is -0.305 e. The number of hydrazine groups is 1. The maximum absolute atomic E-state index is 8.67. The summed E-state index contributed by atoms with van der Waals surface area (Å²) in [5.74, 6) is 0.779. The highest BCUT2D eigenvalue weighted by molar-refractivity contribution is 5.33. The van der Waals surface area contributed by atoms with Crippen LogP contribution in [0.5, 0.6) is 0 Å². The molecule has 0 atom stereocenters. The van der Waals surface area contributed by atoms with Gasteiger partial charge in [0.15, 0.2) is 0 Å². The molecule has 1 aromatic carbocycles. The molecule has 0 radical (unpaired) electrons. The zero-order valence-corrected chi connectivity index (χ0v) is 9.22. The third kappa shape index (κ3) is 3.30. The second-order valence-corrected chi connectivity index (χ2v) is 3.50. The number of pyridine rings is 1. The van der Waals surface area contributed by atoms with Crippen molar-refractivity contribution in [2.75, 3.05) is 5.43 Å². The fourth-order valence-electron chi connectivity index (χ4n) is 1.37. The monoisotopic (exact) mass is 224 g/mol. The van der Waals surface area contributed by atoms with E-state index >= 15 is 0 Å². The van der Waals surface area contributed by atoms with Crippen molar-refractivity contribution in [3.8, 4) is 6.07 Å². The Hall–Kier alpha value is -2.38. The highest BCUT2D eigenvalue weighted by Crippen LogP contribution is 2.03. The Morgan fingerprint density at radius 3 is 2.59 bits per heavy atom. The Morgan fingerprint density at radius 2 is 1.94 bits per heavy atom. The van der Waals surface area contributed by atoms with Crippen molar-refractivity contribution < 1.29 is 0 Å². The van der Waals surface area contributed by atoms with E-state index in [-0.39, 0.29) is 0 Å². The first-order valence-corrected chi connectivity index (χ1v) is 5.27. The number of rotatable bonds is 4. The Bertz CT molecular complexity index is 499. The lowest BCUT2D eigenvalue weighted by molar-refractivity contribution is 0.794. The summed E-state index contributed by atoms with van der Waals surface area (Å²) in [5.41, 5.74) is 7.83. The van der Waals surface area contributed by atoms with Crippen molar-refractivity contribution in [1.29, 1.82) is 5.26 Å². The molecule has 0 saturated heterocycles. The number of anilines is 1. The molecule has 17 heavy (non-hydrogen) atoms. The first kappa shape index (κ1) is 11.1. The van der Waals surface area contributed by atoms with Gasteiger partial charge in [-0.25, -0.2) is 10.4 Å². The molecular weight excluding hydrogens is 212 g/mol. The molecule has 0 aliphatic carbocycles. The average Bonchev–Trinajstić information content (AvgIpc) is 2.41. The molecule has 0 amide bonds. The van der Waals surface area contributed by atoms with Crippen LogP contribution in [-0.2, 0) is 6.54 Å². The van der Waals surface area contributed by atoms with Gasteiger partial charge in [-0.2, -0.15) is 5.26 Å². The SMILES string of the molecule is N#Cc1ccc(CNNc2ccccn2)cc1. The van der Waals surface area contributed by atoms with Crippen LogP contribution >= 0.6 is 0 Å². The van der Waals surface area contributed by atoms with E-state index < -0.39 is 0 Å². The predicted molar refractivity (Wildman–Crippen MR) is 65.9 cm³/mol. The molecule has 0 bridgehead atoms. The molecule has 84 valence electrons. The second-order valence-electron chi connectivity index (χ2n) is 3.50. The highest BCUT2D eigenvalue weighted by Gasteiger charge is 1.94. The Kier molecular flexibility index (Phi) is 3.68. The lowest BCUT2D eigenvalue weighted by atomic mass is 10.1. The molecule has 0 aliphatic rings. The van der Waals surface area contributed by atoms with Gasteiger partial charge in [0.2, 0.25) is 0 Å². The Morgan fingerprint density at radius 1 is 1.12 bits per heavy atom. The van der Waals surface area contributed by atoms with E-state index in [9.17, 15) is 0 Å². The fourth-order valence-corrected chi connectivity index (χ4v) is 1.37. The number of nitrogens with one attached hydrogen (secondary N) is 2. The number of nitriles is 1. The zero-order chi connectivity index (χ0) is 11.9. The van der Waals surface area contributed by atoms with Crippen LogP contribution in [0.4, 0.5) is 5.82 Å². The third-order valence-corrected chi connectivity index (χ3v) is 2.26. The second kappa shape index (κ2) is 5.64. The van der Waals surface area contributed by atoms with Crippen LogP contribution in [0.25, 0.3) is 0 Å². The van der Waals surface area contributed by atoms with Gasteiger partial charge in [-0.3, -0.25) is 0 Å². The van der Waals surface area contributed by atoms with E-state index in [0.29, 0.717) is 12.1 Å².